The van der Waals surface area contributed by atoms with Gasteiger partial charge in [-0.2, -0.15) is 0 Å². The Labute approximate surface area is 167 Å². The Bertz CT molecular complexity index is 548. The summed E-state index contributed by atoms with van der Waals surface area (Å²) >= 11 is 0. The maximum Gasteiger partial charge on any atom is 0.321 e. The van der Waals surface area contributed by atoms with Crippen molar-refractivity contribution in [2.24, 2.45) is 5.41 Å². The van der Waals surface area contributed by atoms with E-state index in [9.17, 15) is 14.4 Å². The average molecular weight is 402 g/mol. The number of carboxylic acids is 1. The standard InChI is InChI=1S/C12H20N2O4.C7H15NO2/c1-3-17-12-8(7-10(15)18-12)13-11(16)9-5-4-6-14(9)2;1-7(2,3)5(8-4)6(9)10/h8-9,12H,3-7H2,1-2H3,(H,13,16);5,8H,1-4H3,(H,9,10)/t8-,9-,12+;5-/m01/s1. The van der Waals surface area contributed by atoms with Gasteiger partial charge in [-0.3, -0.25) is 19.3 Å². The van der Waals surface area contributed by atoms with E-state index in [-0.39, 0.29) is 35.8 Å². The predicted octanol–water partition coefficient (Wildman–Crippen LogP) is 0.580. The lowest BCUT2D eigenvalue weighted by molar-refractivity contribution is -0.164. The van der Waals surface area contributed by atoms with Gasteiger partial charge < -0.3 is 25.2 Å². The molecule has 0 saturated carbocycles. The minimum absolute atomic E-state index is 0.0389. The molecule has 28 heavy (non-hydrogen) atoms. The summed E-state index contributed by atoms with van der Waals surface area (Å²) in [5.41, 5.74) is -0.222. The zero-order valence-electron chi connectivity index (χ0n) is 17.8. The molecule has 4 atom stereocenters. The number of aliphatic carboxylic acids is 1. The smallest absolute Gasteiger partial charge is 0.321 e. The third-order valence-corrected chi connectivity index (χ3v) is 4.85. The molecule has 9 nitrogen and oxygen atoms in total. The van der Waals surface area contributed by atoms with E-state index in [1.807, 2.05) is 39.6 Å². The molecule has 2 aliphatic heterocycles. The number of cyclic esters (lactones) is 1. The Balaban J connectivity index is 0.000000336. The summed E-state index contributed by atoms with van der Waals surface area (Å²) in [7, 11) is 3.59. The molecular formula is C19H35N3O6. The molecule has 2 rings (SSSR count). The SMILES string of the molecule is CCO[C@@H]1OC(=O)C[C@@H]1NC(=O)[C@@H]1CCCN1C.CN[C@H](C(=O)O)C(C)(C)C. The largest absolute Gasteiger partial charge is 0.480 e. The molecule has 3 N–H and O–H groups in total. The van der Waals surface area contributed by atoms with E-state index in [0.717, 1.165) is 19.4 Å². The molecule has 0 aromatic rings. The molecule has 2 aliphatic rings. The molecule has 0 aromatic heterocycles. The third kappa shape index (κ3) is 7.03. The first kappa shape index (κ1) is 24.3. The van der Waals surface area contributed by atoms with Crippen molar-refractivity contribution in [3.8, 4) is 0 Å². The van der Waals surface area contributed by atoms with Gasteiger partial charge in [0, 0.05) is 6.61 Å². The molecule has 2 fully saturated rings. The molecule has 0 aliphatic carbocycles. The fourth-order valence-corrected chi connectivity index (χ4v) is 3.42. The number of nitrogens with zero attached hydrogens (tertiary/aromatic N) is 1. The summed E-state index contributed by atoms with van der Waals surface area (Å²) in [6.45, 7) is 8.89. The van der Waals surface area contributed by atoms with E-state index in [0.29, 0.717) is 6.61 Å². The number of carbonyl (C=O) groups is 3. The lowest BCUT2D eigenvalue weighted by Crippen LogP contribution is -2.48. The fraction of sp³-hybridized carbons (Fsp3) is 0.842. The summed E-state index contributed by atoms with van der Waals surface area (Å²) in [6, 6.07) is -0.922. The number of amides is 1. The number of hydrogen-bond acceptors (Lipinski definition) is 7. The zero-order chi connectivity index (χ0) is 21.5. The van der Waals surface area contributed by atoms with E-state index in [4.69, 9.17) is 14.6 Å². The molecule has 1 amide bonds. The first-order valence-corrected chi connectivity index (χ1v) is 9.73. The van der Waals surface area contributed by atoms with Crippen molar-refractivity contribution in [2.75, 3.05) is 27.2 Å². The topological polar surface area (TPSA) is 117 Å². The van der Waals surface area contributed by atoms with E-state index in [1.165, 1.54) is 0 Å². The molecule has 2 heterocycles. The quantitative estimate of drug-likeness (QED) is 0.554. The monoisotopic (exact) mass is 401 g/mol. The molecule has 0 aromatic carbocycles. The normalized spacial score (nSPS) is 26.2. The Morgan fingerprint density at radius 3 is 2.43 bits per heavy atom. The second kappa shape index (κ2) is 10.7. The van der Waals surface area contributed by atoms with Crippen molar-refractivity contribution in [2.45, 2.75) is 71.4 Å². The maximum atomic E-state index is 12.1. The average Bonchev–Trinajstić information content (AvgIpc) is 3.13. The van der Waals surface area contributed by atoms with E-state index in [1.54, 1.807) is 7.05 Å². The maximum absolute atomic E-state index is 12.1. The lowest BCUT2D eigenvalue weighted by atomic mass is 9.87. The van der Waals surface area contributed by atoms with Crippen molar-refractivity contribution in [3.63, 3.8) is 0 Å². The van der Waals surface area contributed by atoms with Crippen LogP contribution in [0.1, 0.15) is 47.0 Å². The van der Waals surface area contributed by atoms with Crippen molar-refractivity contribution in [1.29, 1.82) is 0 Å². The molecule has 162 valence electrons. The predicted molar refractivity (Wildman–Crippen MR) is 104 cm³/mol. The fourth-order valence-electron chi connectivity index (χ4n) is 3.42. The molecule has 0 bridgehead atoms. The van der Waals surface area contributed by atoms with Gasteiger partial charge in [0.25, 0.3) is 0 Å². The molecule has 2 saturated heterocycles. The number of carbonyl (C=O) groups excluding carboxylic acids is 2. The van der Waals surface area contributed by atoms with Crippen LogP contribution in [-0.4, -0.2) is 79.5 Å². The summed E-state index contributed by atoms with van der Waals surface area (Å²) in [5, 5.41) is 14.3. The van der Waals surface area contributed by atoms with Crippen LogP contribution in [0.25, 0.3) is 0 Å². The van der Waals surface area contributed by atoms with Gasteiger partial charge >= 0.3 is 11.9 Å². The van der Waals surface area contributed by atoms with Crippen LogP contribution < -0.4 is 10.6 Å². The lowest BCUT2D eigenvalue weighted by Gasteiger charge is -2.26. The van der Waals surface area contributed by atoms with Crippen LogP contribution in [0.5, 0.6) is 0 Å². The van der Waals surface area contributed by atoms with Gasteiger partial charge in [0.2, 0.25) is 12.2 Å². The van der Waals surface area contributed by atoms with Gasteiger partial charge in [-0.1, -0.05) is 20.8 Å². The second-order valence-corrected chi connectivity index (χ2v) is 8.20. The van der Waals surface area contributed by atoms with Crippen molar-refractivity contribution >= 4 is 17.8 Å². The van der Waals surface area contributed by atoms with Crippen LogP contribution in [0.3, 0.4) is 0 Å². The first-order valence-electron chi connectivity index (χ1n) is 9.73. The highest BCUT2D eigenvalue weighted by atomic mass is 16.7. The number of nitrogens with one attached hydrogen (secondary N) is 2. The highest BCUT2D eigenvalue weighted by Gasteiger charge is 2.38. The van der Waals surface area contributed by atoms with Gasteiger partial charge in [-0.25, -0.2) is 0 Å². The zero-order valence-corrected chi connectivity index (χ0v) is 17.8. The number of likely N-dealkylation sites (N-methyl/N-ethyl adjacent to an activating group) is 2. The summed E-state index contributed by atoms with van der Waals surface area (Å²) in [4.78, 5) is 35.9. The minimum atomic E-state index is -0.796. The highest BCUT2D eigenvalue weighted by Crippen LogP contribution is 2.20. The van der Waals surface area contributed by atoms with Crippen LogP contribution in [0.2, 0.25) is 0 Å². The third-order valence-electron chi connectivity index (χ3n) is 4.85. The van der Waals surface area contributed by atoms with Crippen LogP contribution >= 0.6 is 0 Å². The number of carboxylic acid groups (broad SMARTS) is 1. The Morgan fingerprint density at radius 2 is 2.04 bits per heavy atom. The second-order valence-electron chi connectivity index (χ2n) is 8.20. The molecular weight excluding hydrogens is 366 g/mol. The van der Waals surface area contributed by atoms with E-state index < -0.39 is 18.3 Å². The van der Waals surface area contributed by atoms with Crippen molar-refractivity contribution in [3.05, 3.63) is 0 Å². The van der Waals surface area contributed by atoms with Gasteiger partial charge in [-0.15, -0.1) is 0 Å². The van der Waals surface area contributed by atoms with Crippen molar-refractivity contribution < 1.29 is 29.0 Å². The summed E-state index contributed by atoms with van der Waals surface area (Å²) in [5.74, 6) is -1.16. The highest BCUT2D eigenvalue weighted by molar-refractivity contribution is 5.83. The number of rotatable bonds is 6. The van der Waals surface area contributed by atoms with Crippen LogP contribution in [0.4, 0.5) is 0 Å². The Kier molecular flexibility index (Phi) is 9.32. The van der Waals surface area contributed by atoms with Crippen LogP contribution in [-0.2, 0) is 23.9 Å². The van der Waals surface area contributed by atoms with E-state index in [2.05, 4.69) is 10.6 Å². The number of esters is 1. The molecule has 0 radical (unpaired) electrons. The number of hydrogen-bond donors (Lipinski definition) is 3. The van der Waals surface area contributed by atoms with E-state index >= 15 is 0 Å². The van der Waals surface area contributed by atoms with Gasteiger partial charge in [0.1, 0.15) is 12.1 Å². The van der Waals surface area contributed by atoms with Gasteiger partial charge in [-0.05, 0) is 45.8 Å². The molecule has 0 spiro atoms. The van der Waals surface area contributed by atoms with Crippen LogP contribution in [0.15, 0.2) is 0 Å². The van der Waals surface area contributed by atoms with Crippen LogP contribution in [0, 0.1) is 5.41 Å². The minimum Gasteiger partial charge on any atom is -0.480 e. The molecule has 0 unspecified atom stereocenters. The Hall–Kier alpha value is -1.71. The summed E-state index contributed by atoms with van der Waals surface area (Å²) < 4.78 is 10.3. The molecule has 9 heteroatoms. The Morgan fingerprint density at radius 1 is 1.39 bits per heavy atom. The number of ether oxygens (including phenoxy) is 2. The van der Waals surface area contributed by atoms with Gasteiger partial charge in [0.05, 0.1) is 12.5 Å². The van der Waals surface area contributed by atoms with Gasteiger partial charge in [0.15, 0.2) is 0 Å². The summed E-state index contributed by atoms with van der Waals surface area (Å²) in [6.07, 6.45) is 1.44. The number of likely N-dealkylation sites (tertiary alicyclic amines) is 1. The first-order chi connectivity index (χ1) is 13.0. The van der Waals surface area contributed by atoms with Crippen molar-refractivity contribution in [1.82, 2.24) is 15.5 Å².